The largest absolute Gasteiger partial charge is 0.306 e. The smallest absolute Gasteiger partial charge is 0.0409 e. The van der Waals surface area contributed by atoms with Crippen molar-refractivity contribution in [3.8, 4) is 0 Å². The molecule has 3 rings (SSSR count). The van der Waals surface area contributed by atoms with Gasteiger partial charge in [-0.15, -0.1) is 0 Å². The van der Waals surface area contributed by atoms with Gasteiger partial charge in [-0.05, 0) is 43.9 Å². The number of benzene rings is 1. The summed E-state index contributed by atoms with van der Waals surface area (Å²) >= 11 is 6.04. The van der Waals surface area contributed by atoms with Crippen molar-refractivity contribution in [3.63, 3.8) is 0 Å². The van der Waals surface area contributed by atoms with Gasteiger partial charge in [0.25, 0.3) is 0 Å². The van der Waals surface area contributed by atoms with E-state index in [-0.39, 0.29) is 0 Å². The van der Waals surface area contributed by atoms with Crippen molar-refractivity contribution in [2.45, 2.75) is 44.3 Å². The third-order valence-corrected chi connectivity index (χ3v) is 4.35. The quantitative estimate of drug-likeness (QED) is 0.898. The fourth-order valence-electron chi connectivity index (χ4n) is 2.92. The lowest BCUT2D eigenvalue weighted by atomic mass is 10.1. The van der Waals surface area contributed by atoms with E-state index < -0.39 is 0 Å². The van der Waals surface area contributed by atoms with Gasteiger partial charge in [-0.1, -0.05) is 23.7 Å². The molecule has 0 spiro atoms. The van der Waals surface area contributed by atoms with Crippen LogP contribution in [0.2, 0.25) is 5.02 Å². The maximum Gasteiger partial charge on any atom is 0.0409 e. The maximum atomic E-state index is 6.04. The van der Waals surface area contributed by atoms with Gasteiger partial charge in [0, 0.05) is 36.2 Å². The first-order chi connectivity index (χ1) is 8.72. The Bertz CT molecular complexity index is 417. The average Bonchev–Trinajstić information content (AvgIpc) is 3.11. The summed E-state index contributed by atoms with van der Waals surface area (Å²) in [5.74, 6) is 0. The van der Waals surface area contributed by atoms with Gasteiger partial charge < -0.3 is 5.32 Å². The van der Waals surface area contributed by atoms with Crippen LogP contribution in [0.1, 0.15) is 37.8 Å². The molecule has 1 aliphatic heterocycles. The lowest BCUT2D eigenvalue weighted by molar-refractivity contribution is 0.313. The standard InChI is InChI=1S/C15H21ClN2/c1-11(12-3-2-4-13(16)9-12)17-14-7-8-18(10-14)15-5-6-15/h2-4,9,11,14-15,17H,5-8,10H2,1H3. The molecule has 1 aromatic rings. The van der Waals surface area contributed by atoms with Crippen molar-refractivity contribution in [1.29, 1.82) is 0 Å². The first-order valence-electron chi connectivity index (χ1n) is 6.98. The molecule has 1 saturated carbocycles. The van der Waals surface area contributed by atoms with E-state index in [1.165, 1.54) is 37.9 Å². The molecule has 1 N–H and O–H groups in total. The van der Waals surface area contributed by atoms with Crippen molar-refractivity contribution in [2.75, 3.05) is 13.1 Å². The van der Waals surface area contributed by atoms with Gasteiger partial charge in [0.05, 0.1) is 0 Å². The van der Waals surface area contributed by atoms with Gasteiger partial charge in [0.2, 0.25) is 0 Å². The Labute approximate surface area is 114 Å². The Morgan fingerprint density at radius 3 is 2.89 bits per heavy atom. The molecule has 2 fully saturated rings. The Balaban J connectivity index is 1.56. The van der Waals surface area contributed by atoms with Crippen LogP contribution in [-0.4, -0.2) is 30.1 Å². The lowest BCUT2D eigenvalue weighted by Gasteiger charge is -2.21. The number of nitrogens with one attached hydrogen (secondary N) is 1. The van der Waals surface area contributed by atoms with Crippen LogP contribution in [0.15, 0.2) is 24.3 Å². The van der Waals surface area contributed by atoms with Crippen molar-refractivity contribution >= 4 is 11.6 Å². The summed E-state index contributed by atoms with van der Waals surface area (Å²) in [5.41, 5.74) is 1.28. The number of nitrogens with zero attached hydrogens (tertiary/aromatic N) is 1. The monoisotopic (exact) mass is 264 g/mol. The second kappa shape index (κ2) is 5.20. The van der Waals surface area contributed by atoms with Crippen molar-refractivity contribution in [3.05, 3.63) is 34.9 Å². The minimum Gasteiger partial charge on any atom is -0.306 e. The van der Waals surface area contributed by atoms with E-state index in [1.54, 1.807) is 0 Å². The minimum absolute atomic E-state index is 0.382. The number of hydrogen-bond acceptors (Lipinski definition) is 2. The van der Waals surface area contributed by atoms with Gasteiger partial charge in [0.15, 0.2) is 0 Å². The molecule has 18 heavy (non-hydrogen) atoms. The summed E-state index contributed by atoms with van der Waals surface area (Å²) in [7, 11) is 0. The summed E-state index contributed by atoms with van der Waals surface area (Å²) in [4.78, 5) is 2.64. The molecule has 1 heterocycles. The third-order valence-electron chi connectivity index (χ3n) is 4.12. The van der Waals surface area contributed by atoms with E-state index in [0.717, 1.165) is 11.1 Å². The van der Waals surface area contributed by atoms with Gasteiger partial charge in [-0.2, -0.15) is 0 Å². The predicted octanol–water partition coefficient (Wildman–Crippen LogP) is 3.23. The average molecular weight is 265 g/mol. The number of rotatable bonds is 4. The summed E-state index contributed by atoms with van der Waals surface area (Å²) in [6.07, 6.45) is 4.11. The molecule has 2 aliphatic rings. The highest BCUT2D eigenvalue weighted by Gasteiger charge is 2.34. The second-order valence-electron chi connectivity index (χ2n) is 5.66. The fraction of sp³-hybridized carbons (Fsp3) is 0.600. The van der Waals surface area contributed by atoms with Crippen LogP contribution in [0.25, 0.3) is 0 Å². The summed E-state index contributed by atoms with van der Waals surface area (Å²) in [5, 5.41) is 4.56. The van der Waals surface area contributed by atoms with Gasteiger partial charge in [-0.25, -0.2) is 0 Å². The molecule has 0 amide bonds. The maximum absolute atomic E-state index is 6.04. The Kier molecular flexibility index (Phi) is 3.60. The molecule has 0 radical (unpaired) electrons. The number of likely N-dealkylation sites (tertiary alicyclic amines) is 1. The van der Waals surface area contributed by atoms with E-state index in [0.29, 0.717) is 12.1 Å². The first-order valence-corrected chi connectivity index (χ1v) is 7.36. The zero-order valence-corrected chi connectivity index (χ0v) is 11.7. The molecule has 3 heteroatoms. The fourth-order valence-corrected chi connectivity index (χ4v) is 3.12. The van der Waals surface area contributed by atoms with E-state index in [4.69, 9.17) is 11.6 Å². The van der Waals surface area contributed by atoms with Crippen LogP contribution >= 0.6 is 11.6 Å². The van der Waals surface area contributed by atoms with E-state index >= 15 is 0 Å². The minimum atomic E-state index is 0.382. The summed E-state index contributed by atoms with van der Waals surface area (Å²) in [6, 6.07) is 10.1. The van der Waals surface area contributed by atoms with Crippen LogP contribution in [0.5, 0.6) is 0 Å². The Hall–Kier alpha value is -0.570. The van der Waals surface area contributed by atoms with Crippen molar-refractivity contribution < 1.29 is 0 Å². The van der Waals surface area contributed by atoms with Gasteiger partial charge in [0.1, 0.15) is 0 Å². The van der Waals surface area contributed by atoms with Crippen LogP contribution in [0.3, 0.4) is 0 Å². The molecule has 2 atom stereocenters. The molecule has 2 nitrogen and oxygen atoms in total. The number of halogens is 1. The summed E-state index contributed by atoms with van der Waals surface area (Å²) in [6.45, 7) is 4.71. The molecule has 2 unspecified atom stereocenters. The summed E-state index contributed by atoms with van der Waals surface area (Å²) < 4.78 is 0. The predicted molar refractivity (Wildman–Crippen MR) is 76.0 cm³/mol. The van der Waals surface area contributed by atoms with Crippen LogP contribution < -0.4 is 5.32 Å². The molecule has 1 saturated heterocycles. The van der Waals surface area contributed by atoms with Crippen LogP contribution in [0.4, 0.5) is 0 Å². The highest BCUT2D eigenvalue weighted by atomic mass is 35.5. The van der Waals surface area contributed by atoms with Crippen LogP contribution in [-0.2, 0) is 0 Å². The topological polar surface area (TPSA) is 15.3 Å². The Morgan fingerprint density at radius 2 is 2.17 bits per heavy atom. The van der Waals surface area contributed by atoms with E-state index in [1.807, 2.05) is 12.1 Å². The third kappa shape index (κ3) is 2.87. The highest BCUT2D eigenvalue weighted by molar-refractivity contribution is 6.30. The molecule has 1 aromatic carbocycles. The van der Waals surface area contributed by atoms with Crippen molar-refractivity contribution in [1.82, 2.24) is 10.2 Å². The van der Waals surface area contributed by atoms with Crippen molar-refractivity contribution in [2.24, 2.45) is 0 Å². The molecular formula is C15H21ClN2. The zero-order valence-electron chi connectivity index (χ0n) is 10.9. The normalized spacial score (nSPS) is 26.4. The van der Waals surface area contributed by atoms with Gasteiger partial charge in [-0.3, -0.25) is 4.90 Å². The molecule has 98 valence electrons. The molecule has 1 aliphatic carbocycles. The lowest BCUT2D eigenvalue weighted by Crippen LogP contribution is -2.34. The van der Waals surface area contributed by atoms with Gasteiger partial charge >= 0.3 is 0 Å². The molecule has 0 bridgehead atoms. The highest BCUT2D eigenvalue weighted by Crippen LogP contribution is 2.30. The van der Waals surface area contributed by atoms with E-state index in [9.17, 15) is 0 Å². The van der Waals surface area contributed by atoms with Crippen LogP contribution in [0, 0.1) is 0 Å². The Morgan fingerprint density at radius 1 is 1.33 bits per heavy atom. The SMILES string of the molecule is CC(NC1CCN(C2CC2)C1)c1cccc(Cl)c1. The second-order valence-corrected chi connectivity index (χ2v) is 6.09. The molecular weight excluding hydrogens is 244 g/mol. The zero-order chi connectivity index (χ0) is 12.5. The number of hydrogen-bond donors (Lipinski definition) is 1. The first kappa shape index (κ1) is 12.5. The molecule has 0 aromatic heterocycles. The van der Waals surface area contributed by atoms with E-state index in [2.05, 4.69) is 29.3 Å².